The van der Waals surface area contributed by atoms with Gasteiger partial charge >= 0.3 is 5.97 Å². The first-order chi connectivity index (χ1) is 11.3. The van der Waals surface area contributed by atoms with E-state index in [-0.39, 0.29) is 5.91 Å². The van der Waals surface area contributed by atoms with Crippen molar-refractivity contribution in [3.05, 3.63) is 46.0 Å². The van der Waals surface area contributed by atoms with Gasteiger partial charge in [0.1, 0.15) is 11.6 Å². The summed E-state index contributed by atoms with van der Waals surface area (Å²) in [5, 5.41) is 19.7. The summed E-state index contributed by atoms with van der Waals surface area (Å²) < 4.78 is 0. The SMILES string of the molecule is CC(=O)N(c1ccc(C)c(C)c1)c1nc(/C=C(\C#N)C(=O)O)cs1. The monoisotopic (exact) mass is 341 g/mol. The Morgan fingerprint density at radius 1 is 1.33 bits per heavy atom. The van der Waals surface area contributed by atoms with Crippen molar-refractivity contribution in [1.29, 1.82) is 5.26 Å². The lowest BCUT2D eigenvalue weighted by Crippen LogP contribution is -2.22. The van der Waals surface area contributed by atoms with E-state index in [1.165, 1.54) is 29.2 Å². The van der Waals surface area contributed by atoms with Gasteiger partial charge in [-0.1, -0.05) is 6.07 Å². The zero-order valence-electron chi connectivity index (χ0n) is 13.4. The highest BCUT2D eigenvalue weighted by Crippen LogP contribution is 2.30. The molecule has 1 N–H and O–H groups in total. The summed E-state index contributed by atoms with van der Waals surface area (Å²) in [5.41, 5.74) is 2.77. The molecular formula is C17H15N3O3S. The summed E-state index contributed by atoms with van der Waals surface area (Å²) in [4.78, 5) is 28.7. The Labute approximate surface area is 143 Å². The number of hydrogen-bond donors (Lipinski definition) is 1. The van der Waals surface area contributed by atoms with Gasteiger partial charge in [0, 0.05) is 12.3 Å². The normalized spacial score (nSPS) is 11.0. The summed E-state index contributed by atoms with van der Waals surface area (Å²) in [5.74, 6) is -1.52. The number of hydrogen-bond acceptors (Lipinski definition) is 5. The van der Waals surface area contributed by atoms with Crippen LogP contribution in [-0.2, 0) is 9.59 Å². The number of aliphatic carboxylic acids is 1. The van der Waals surface area contributed by atoms with Crippen molar-refractivity contribution in [2.24, 2.45) is 0 Å². The van der Waals surface area contributed by atoms with E-state index in [1.807, 2.05) is 32.0 Å². The van der Waals surface area contributed by atoms with E-state index in [0.717, 1.165) is 11.1 Å². The molecule has 0 spiro atoms. The molecule has 0 aliphatic heterocycles. The molecule has 1 aromatic carbocycles. The average Bonchev–Trinajstić information content (AvgIpc) is 2.96. The Morgan fingerprint density at radius 2 is 2.04 bits per heavy atom. The fourth-order valence-electron chi connectivity index (χ4n) is 2.03. The first-order valence-corrected chi connectivity index (χ1v) is 7.90. The number of carboxylic acids is 1. The van der Waals surface area contributed by atoms with Crippen LogP contribution in [-0.4, -0.2) is 22.0 Å². The van der Waals surface area contributed by atoms with Gasteiger partial charge in [0.15, 0.2) is 5.13 Å². The van der Waals surface area contributed by atoms with E-state index in [9.17, 15) is 9.59 Å². The maximum Gasteiger partial charge on any atom is 0.346 e. The Kier molecular flexibility index (Phi) is 5.11. The predicted octanol–water partition coefficient (Wildman–Crippen LogP) is 3.44. The number of nitrogens with zero attached hydrogens (tertiary/aromatic N) is 3. The molecule has 2 aromatic rings. The smallest absolute Gasteiger partial charge is 0.346 e. The highest BCUT2D eigenvalue weighted by molar-refractivity contribution is 7.14. The maximum atomic E-state index is 12.1. The van der Waals surface area contributed by atoms with E-state index in [0.29, 0.717) is 16.5 Å². The number of nitriles is 1. The van der Waals surface area contributed by atoms with Crippen molar-refractivity contribution >= 4 is 40.1 Å². The summed E-state index contributed by atoms with van der Waals surface area (Å²) in [7, 11) is 0. The van der Waals surface area contributed by atoms with Gasteiger partial charge in [-0.2, -0.15) is 5.26 Å². The zero-order chi connectivity index (χ0) is 17.9. The van der Waals surface area contributed by atoms with Crippen molar-refractivity contribution in [3.8, 4) is 6.07 Å². The molecule has 1 aromatic heterocycles. The molecule has 1 heterocycles. The lowest BCUT2D eigenvalue weighted by Gasteiger charge is -2.19. The maximum absolute atomic E-state index is 12.1. The second kappa shape index (κ2) is 7.06. The number of rotatable bonds is 4. The van der Waals surface area contributed by atoms with E-state index in [4.69, 9.17) is 10.4 Å². The van der Waals surface area contributed by atoms with Crippen LogP contribution in [0.15, 0.2) is 29.2 Å². The van der Waals surface area contributed by atoms with Crippen molar-refractivity contribution in [2.75, 3.05) is 4.90 Å². The predicted molar refractivity (Wildman–Crippen MR) is 92.1 cm³/mol. The number of benzene rings is 1. The summed E-state index contributed by atoms with van der Waals surface area (Å²) >= 11 is 1.20. The van der Waals surface area contributed by atoms with E-state index in [2.05, 4.69) is 4.98 Å². The molecule has 0 saturated carbocycles. The summed E-state index contributed by atoms with van der Waals surface area (Å²) in [6.07, 6.45) is 1.18. The topological polar surface area (TPSA) is 94.3 Å². The van der Waals surface area contributed by atoms with Crippen LogP contribution in [0.1, 0.15) is 23.7 Å². The largest absolute Gasteiger partial charge is 0.477 e. The van der Waals surface area contributed by atoms with Crippen LogP contribution in [0.3, 0.4) is 0 Å². The average molecular weight is 341 g/mol. The van der Waals surface area contributed by atoms with Gasteiger partial charge in [-0.3, -0.25) is 9.69 Å². The van der Waals surface area contributed by atoms with E-state index < -0.39 is 11.5 Å². The number of thiazole rings is 1. The minimum atomic E-state index is -1.32. The van der Waals surface area contributed by atoms with Crippen LogP contribution in [0.4, 0.5) is 10.8 Å². The number of carbonyl (C=O) groups is 2. The molecule has 0 bridgehead atoms. The fourth-order valence-corrected chi connectivity index (χ4v) is 2.87. The Hall–Kier alpha value is -2.98. The molecule has 7 heteroatoms. The van der Waals surface area contributed by atoms with Crippen LogP contribution < -0.4 is 4.90 Å². The second-order valence-corrected chi connectivity index (χ2v) is 5.99. The zero-order valence-corrected chi connectivity index (χ0v) is 14.2. The third-order valence-corrected chi connectivity index (χ3v) is 4.25. The minimum absolute atomic E-state index is 0.207. The fraction of sp³-hybridized carbons (Fsp3) is 0.176. The van der Waals surface area contributed by atoms with E-state index in [1.54, 1.807) is 11.4 Å². The van der Waals surface area contributed by atoms with Gasteiger partial charge in [-0.25, -0.2) is 9.78 Å². The van der Waals surface area contributed by atoms with E-state index >= 15 is 0 Å². The quantitative estimate of drug-likeness (QED) is 0.679. The van der Waals surface area contributed by atoms with Crippen LogP contribution in [0.2, 0.25) is 0 Å². The number of amides is 1. The molecule has 0 aliphatic rings. The third kappa shape index (κ3) is 3.67. The first-order valence-electron chi connectivity index (χ1n) is 7.02. The Bertz CT molecular complexity index is 877. The molecule has 0 unspecified atom stereocenters. The van der Waals surface area contributed by atoms with Crippen molar-refractivity contribution < 1.29 is 14.7 Å². The molecule has 0 atom stereocenters. The van der Waals surface area contributed by atoms with Crippen molar-refractivity contribution in [3.63, 3.8) is 0 Å². The number of carbonyl (C=O) groups excluding carboxylic acids is 1. The lowest BCUT2D eigenvalue weighted by atomic mass is 10.1. The first kappa shape index (κ1) is 17.4. The van der Waals surface area contributed by atoms with Crippen LogP contribution in [0.5, 0.6) is 0 Å². The Morgan fingerprint density at radius 3 is 2.58 bits per heavy atom. The molecule has 24 heavy (non-hydrogen) atoms. The van der Waals surface area contributed by atoms with Crippen LogP contribution in [0, 0.1) is 25.2 Å². The van der Waals surface area contributed by atoms with Crippen molar-refractivity contribution in [2.45, 2.75) is 20.8 Å². The summed E-state index contributed by atoms with van der Waals surface area (Å²) in [6, 6.07) is 7.25. The van der Waals surface area contributed by atoms with Crippen LogP contribution >= 0.6 is 11.3 Å². The molecular weight excluding hydrogens is 326 g/mol. The molecule has 6 nitrogen and oxygen atoms in total. The summed E-state index contributed by atoms with van der Waals surface area (Å²) in [6.45, 7) is 5.38. The number of carboxylic acid groups (broad SMARTS) is 1. The van der Waals surface area contributed by atoms with Crippen molar-refractivity contribution in [1.82, 2.24) is 4.98 Å². The number of anilines is 2. The van der Waals surface area contributed by atoms with Gasteiger partial charge in [-0.15, -0.1) is 11.3 Å². The van der Waals surface area contributed by atoms with Gasteiger partial charge < -0.3 is 5.11 Å². The highest BCUT2D eigenvalue weighted by atomic mass is 32.1. The van der Waals surface area contributed by atoms with Gasteiger partial charge in [0.2, 0.25) is 5.91 Å². The number of aromatic nitrogens is 1. The number of aryl methyl sites for hydroxylation is 2. The Balaban J connectivity index is 2.44. The molecule has 0 radical (unpaired) electrons. The minimum Gasteiger partial charge on any atom is -0.477 e. The van der Waals surface area contributed by atoms with Crippen LogP contribution in [0.25, 0.3) is 6.08 Å². The molecule has 0 aliphatic carbocycles. The molecule has 1 amide bonds. The standard InChI is InChI=1S/C17H15N3O3S/c1-10-4-5-15(6-11(10)2)20(12(3)21)17-19-14(9-24-17)7-13(8-18)16(22)23/h4-7,9H,1-3H3,(H,22,23)/b13-7+. The molecule has 0 fully saturated rings. The molecule has 0 saturated heterocycles. The van der Waals surface area contributed by atoms with Gasteiger partial charge in [0.25, 0.3) is 0 Å². The second-order valence-electron chi connectivity index (χ2n) is 5.15. The highest BCUT2D eigenvalue weighted by Gasteiger charge is 2.18. The molecule has 122 valence electrons. The van der Waals surface area contributed by atoms with Gasteiger partial charge in [0.05, 0.1) is 11.4 Å². The molecule has 2 rings (SSSR count). The third-order valence-electron chi connectivity index (χ3n) is 3.41. The lowest BCUT2D eigenvalue weighted by molar-refractivity contribution is -0.132. The van der Waals surface area contributed by atoms with Gasteiger partial charge in [-0.05, 0) is 43.2 Å².